The predicted molar refractivity (Wildman–Crippen MR) is 109 cm³/mol. The number of rotatable bonds is 5. The van der Waals surface area contributed by atoms with Crippen molar-refractivity contribution in [1.82, 2.24) is 20.4 Å². The molecule has 0 aromatic heterocycles. The largest absolute Gasteiger partial charge is 0.322 e. The van der Waals surface area contributed by atoms with Crippen LogP contribution in [0.4, 0.5) is 0 Å². The van der Waals surface area contributed by atoms with Gasteiger partial charge in [0.25, 0.3) is 5.91 Å². The molecular formula is C22H30N4O3. The van der Waals surface area contributed by atoms with Crippen LogP contribution in [0, 0.1) is 0 Å². The second-order valence-electron chi connectivity index (χ2n) is 8.55. The maximum atomic E-state index is 13.0. The molecule has 7 nitrogen and oxygen atoms in total. The number of hydrogen-bond acceptors (Lipinski definition) is 5. The fourth-order valence-electron chi connectivity index (χ4n) is 5.08. The Hall–Kier alpha value is -2.25. The molecule has 1 aliphatic carbocycles. The monoisotopic (exact) mass is 398 g/mol. The number of fused-ring (bicyclic) bond motifs is 1. The van der Waals surface area contributed by atoms with E-state index in [4.69, 9.17) is 0 Å². The predicted octanol–water partition coefficient (Wildman–Crippen LogP) is 1.41. The van der Waals surface area contributed by atoms with Gasteiger partial charge in [0.15, 0.2) is 0 Å². The minimum Gasteiger partial charge on any atom is -0.322 e. The number of carbonyl (C=O) groups excluding carboxylic acids is 3. The summed E-state index contributed by atoms with van der Waals surface area (Å²) in [5.74, 6) is -0.731. The van der Waals surface area contributed by atoms with Gasteiger partial charge in [-0.2, -0.15) is 0 Å². The van der Waals surface area contributed by atoms with E-state index in [9.17, 15) is 14.4 Å². The molecule has 29 heavy (non-hydrogen) atoms. The van der Waals surface area contributed by atoms with E-state index in [1.165, 1.54) is 25.7 Å². The number of piperidine rings is 1. The van der Waals surface area contributed by atoms with Crippen molar-refractivity contribution in [1.29, 1.82) is 0 Å². The van der Waals surface area contributed by atoms with Crippen LogP contribution in [0.5, 0.6) is 0 Å². The Bertz CT molecular complexity index is 824. The van der Waals surface area contributed by atoms with E-state index in [2.05, 4.69) is 28.6 Å². The quantitative estimate of drug-likeness (QED) is 0.733. The molecule has 2 aliphatic heterocycles. The molecule has 4 rings (SSSR count). The average molecular weight is 399 g/mol. The third kappa shape index (κ3) is 3.94. The van der Waals surface area contributed by atoms with Gasteiger partial charge in [0, 0.05) is 37.2 Å². The molecule has 0 radical (unpaired) electrons. The Morgan fingerprint density at radius 2 is 1.97 bits per heavy atom. The normalized spacial score (nSPS) is 27.3. The highest BCUT2D eigenvalue weighted by molar-refractivity contribution is 6.05. The Labute approximate surface area is 171 Å². The summed E-state index contributed by atoms with van der Waals surface area (Å²) in [4.78, 5) is 40.6. The maximum Gasteiger partial charge on any atom is 0.255 e. The lowest BCUT2D eigenvalue weighted by molar-refractivity contribution is -0.136. The fourth-order valence-corrected chi connectivity index (χ4v) is 5.08. The topological polar surface area (TPSA) is 81.8 Å². The van der Waals surface area contributed by atoms with Crippen molar-refractivity contribution in [3.8, 4) is 0 Å². The highest BCUT2D eigenvalue weighted by atomic mass is 16.2. The van der Waals surface area contributed by atoms with Gasteiger partial charge in [-0.05, 0) is 50.6 Å². The van der Waals surface area contributed by atoms with Gasteiger partial charge in [-0.3, -0.25) is 24.6 Å². The van der Waals surface area contributed by atoms with Gasteiger partial charge in [0.2, 0.25) is 11.8 Å². The SMILES string of the molecule is CN[C@H]1CCCC[C@@H]1N(C)Cc1ccc2c(c1)C(=O)N(C1CCC(=O)NC1=O)C2. The molecule has 3 atom stereocenters. The van der Waals surface area contributed by atoms with E-state index in [1.54, 1.807) is 4.90 Å². The minimum atomic E-state index is -0.558. The Morgan fingerprint density at radius 1 is 1.17 bits per heavy atom. The molecule has 1 unspecified atom stereocenters. The number of carbonyl (C=O) groups is 3. The van der Waals surface area contributed by atoms with E-state index in [0.29, 0.717) is 30.6 Å². The minimum absolute atomic E-state index is 0.107. The summed E-state index contributed by atoms with van der Waals surface area (Å²) in [6.45, 7) is 1.23. The summed E-state index contributed by atoms with van der Waals surface area (Å²) in [5.41, 5.74) is 2.76. The second kappa shape index (κ2) is 8.24. The number of imide groups is 1. The van der Waals surface area contributed by atoms with Crippen LogP contribution in [0.1, 0.15) is 60.0 Å². The van der Waals surface area contributed by atoms with Gasteiger partial charge >= 0.3 is 0 Å². The third-order valence-corrected chi connectivity index (χ3v) is 6.69. The highest BCUT2D eigenvalue weighted by Crippen LogP contribution is 2.29. The molecule has 156 valence electrons. The third-order valence-electron chi connectivity index (χ3n) is 6.69. The van der Waals surface area contributed by atoms with Crippen molar-refractivity contribution >= 4 is 17.7 Å². The van der Waals surface area contributed by atoms with Gasteiger partial charge in [0.05, 0.1) is 0 Å². The zero-order chi connectivity index (χ0) is 20.5. The molecular weight excluding hydrogens is 368 g/mol. The van der Waals surface area contributed by atoms with Crippen LogP contribution in [0.3, 0.4) is 0 Å². The van der Waals surface area contributed by atoms with Crippen LogP contribution in [0.15, 0.2) is 18.2 Å². The van der Waals surface area contributed by atoms with Crippen molar-refractivity contribution in [2.45, 2.75) is 69.7 Å². The number of likely N-dealkylation sites (N-methyl/N-ethyl adjacent to an activating group) is 2. The molecule has 1 saturated carbocycles. The first-order valence-corrected chi connectivity index (χ1v) is 10.6. The van der Waals surface area contributed by atoms with E-state index < -0.39 is 6.04 Å². The van der Waals surface area contributed by atoms with Crippen LogP contribution in [-0.2, 0) is 22.7 Å². The van der Waals surface area contributed by atoms with Crippen molar-refractivity contribution in [3.05, 3.63) is 34.9 Å². The Morgan fingerprint density at radius 3 is 2.72 bits per heavy atom. The van der Waals surface area contributed by atoms with Crippen molar-refractivity contribution in [3.63, 3.8) is 0 Å². The van der Waals surface area contributed by atoms with Gasteiger partial charge in [-0.15, -0.1) is 0 Å². The van der Waals surface area contributed by atoms with Gasteiger partial charge in [-0.1, -0.05) is 25.0 Å². The van der Waals surface area contributed by atoms with Crippen LogP contribution < -0.4 is 10.6 Å². The number of benzene rings is 1. The molecule has 2 N–H and O–H groups in total. The number of hydrogen-bond donors (Lipinski definition) is 2. The van der Waals surface area contributed by atoms with Gasteiger partial charge in [0.1, 0.15) is 6.04 Å². The number of amides is 3. The summed E-state index contributed by atoms with van der Waals surface area (Å²) < 4.78 is 0. The van der Waals surface area contributed by atoms with Gasteiger partial charge < -0.3 is 10.2 Å². The molecule has 1 saturated heterocycles. The van der Waals surface area contributed by atoms with Crippen molar-refractivity contribution in [2.75, 3.05) is 14.1 Å². The van der Waals surface area contributed by atoms with Crippen LogP contribution >= 0.6 is 0 Å². The zero-order valence-electron chi connectivity index (χ0n) is 17.2. The van der Waals surface area contributed by atoms with Crippen molar-refractivity contribution < 1.29 is 14.4 Å². The van der Waals surface area contributed by atoms with E-state index >= 15 is 0 Å². The molecule has 1 aromatic carbocycles. The zero-order valence-corrected chi connectivity index (χ0v) is 17.2. The molecule has 2 fully saturated rings. The molecule has 0 spiro atoms. The first kappa shape index (κ1) is 20.0. The summed E-state index contributed by atoms with van der Waals surface area (Å²) >= 11 is 0. The first-order valence-electron chi connectivity index (χ1n) is 10.6. The molecule has 0 bridgehead atoms. The number of nitrogens with zero attached hydrogens (tertiary/aromatic N) is 2. The molecule has 3 aliphatic rings. The summed E-state index contributed by atoms with van der Waals surface area (Å²) in [6, 6.07) is 6.53. The standard InChI is InChI=1S/C22H30N4O3/c1-23-17-5-3-4-6-18(17)25(2)12-14-7-8-15-13-26(22(29)16(15)11-14)19-9-10-20(27)24-21(19)28/h7-8,11,17-19,23H,3-6,9-10,12-13H2,1-2H3,(H,24,27,28)/t17-,18-,19?/m0/s1. The number of nitrogens with one attached hydrogen (secondary N) is 2. The Kier molecular flexibility index (Phi) is 5.69. The molecule has 2 heterocycles. The molecule has 1 aromatic rings. The Balaban J connectivity index is 1.46. The lowest BCUT2D eigenvalue weighted by Gasteiger charge is -2.38. The smallest absolute Gasteiger partial charge is 0.255 e. The lowest BCUT2D eigenvalue weighted by Crippen LogP contribution is -2.52. The van der Waals surface area contributed by atoms with Crippen LogP contribution in [-0.4, -0.2) is 59.7 Å². The second-order valence-corrected chi connectivity index (χ2v) is 8.55. The van der Waals surface area contributed by atoms with Crippen molar-refractivity contribution in [2.24, 2.45) is 0 Å². The van der Waals surface area contributed by atoms with Crippen LogP contribution in [0.25, 0.3) is 0 Å². The summed E-state index contributed by atoms with van der Waals surface area (Å²) in [6.07, 6.45) is 5.61. The lowest BCUT2D eigenvalue weighted by atomic mass is 9.89. The van der Waals surface area contributed by atoms with E-state index in [0.717, 1.165) is 17.7 Å². The summed E-state index contributed by atoms with van der Waals surface area (Å²) in [5, 5.41) is 5.81. The molecule has 3 amide bonds. The molecule has 7 heteroatoms. The van der Waals surface area contributed by atoms with E-state index in [1.807, 2.05) is 19.2 Å². The maximum absolute atomic E-state index is 13.0. The fraction of sp³-hybridized carbons (Fsp3) is 0.591. The highest BCUT2D eigenvalue weighted by Gasteiger charge is 2.39. The van der Waals surface area contributed by atoms with Crippen LogP contribution in [0.2, 0.25) is 0 Å². The van der Waals surface area contributed by atoms with E-state index in [-0.39, 0.29) is 24.1 Å². The first-order chi connectivity index (χ1) is 14.0. The summed E-state index contributed by atoms with van der Waals surface area (Å²) in [7, 11) is 4.19. The average Bonchev–Trinajstić information content (AvgIpc) is 3.04. The van der Waals surface area contributed by atoms with Gasteiger partial charge in [-0.25, -0.2) is 0 Å².